The first kappa shape index (κ1) is 12.1. The molecule has 1 N–H and O–H groups in total. The van der Waals surface area contributed by atoms with Gasteiger partial charge < -0.3 is 5.32 Å². The molecule has 94 valence electrons. The van der Waals surface area contributed by atoms with Crippen molar-refractivity contribution >= 4 is 11.4 Å². The Morgan fingerprint density at radius 2 is 2.17 bits per heavy atom. The zero-order valence-electron chi connectivity index (χ0n) is 10.3. The number of benzene rings is 1. The summed E-state index contributed by atoms with van der Waals surface area (Å²) in [7, 11) is 1.84. The van der Waals surface area contributed by atoms with Crippen LogP contribution in [-0.2, 0) is 13.6 Å². The summed E-state index contributed by atoms with van der Waals surface area (Å²) in [5, 5.41) is 18.2. The standard InChI is InChI=1S/C12H14N4O2/c1-9-11(8-15(2)14-9)13-7-10-5-3-4-6-12(10)16(17)18/h3-6,8,13H,7H2,1-2H3. The molecule has 2 rings (SSSR count). The molecule has 6 nitrogen and oxygen atoms in total. The minimum absolute atomic E-state index is 0.131. The van der Waals surface area contributed by atoms with Gasteiger partial charge in [-0.2, -0.15) is 5.10 Å². The molecule has 0 atom stereocenters. The van der Waals surface area contributed by atoms with Crippen molar-refractivity contribution in [3.05, 3.63) is 51.8 Å². The van der Waals surface area contributed by atoms with Gasteiger partial charge >= 0.3 is 0 Å². The Bertz CT molecular complexity index is 577. The number of hydrogen-bond acceptors (Lipinski definition) is 4. The number of aromatic nitrogens is 2. The Morgan fingerprint density at radius 3 is 2.78 bits per heavy atom. The van der Waals surface area contributed by atoms with Crippen molar-refractivity contribution in [1.82, 2.24) is 9.78 Å². The molecule has 0 saturated heterocycles. The summed E-state index contributed by atoms with van der Waals surface area (Å²) in [4.78, 5) is 10.5. The fraction of sp³-hybridized carbons (Fsp3) is 0.250. The van der Waals surface area contributed by atoms with E-state index in [2.05, 4.69) is 10.4 Å². The van der Waals surface area contributed by atoms with E-state index in [0.29, 0.717) is 12.1 Å². The topological polar surface area (TPSA) is 73.0 Å². The minimum Gasteiger partial charge on any atom is -0.378 e. The van der Waals surface area contributed by atoms with Crippen LogP contribution in [-0.4, -0.2) is 14.7 Å². The van der Waals surface area contributed by atoms with Crippen LogP contribution in [0.5, 0.6) is 0 Å². The number of rotatable bonds is 4. The van der Waals surface area contributed by atoms with Gasteiger partial charge in [0.25, 0.3) is 5.69 Å². The lowest BCUT2D eigenvalue weighted by atomic mass is 10.2. The number of aryl methyl sites for hydroxylation is 2. The van der Waals surface area contributed by atoms with Gasteiger partial charge in [0.1, 0.15) is 0 Å². The number of hydrogen-bond donors (Lipinski definition) is 1. The van der Waals surface area contributed by atoms with Crippen molar-refractivity contribution in [2.45, 2.75) is 13.5 Å². The molecule has 0 fully saturated rings. The number of nitrogens with one attached hydrogen (secondary N) is 1. The number of nitrogens with zero attached hydrogens (tertiary/aromatic N) is 3. The van der Waals surface area contributed by atoms with E-state index in [-0.39, 0.29) is 10.6 Å². The maximum Gasteiger partial charge on any atom is 0.274 e. The second-order valence-corrected chi connectivity index (χ2v) is 4.04. The number of anilines is 1. The van der Waals surface area contributed by atoms with Gasteiger partial charge in [0.2, 0.25) is 0 Å². The normalized spacial score (nSPS) is 10.3. The number of para-hydroxylation sites is 1. The van der Waals surface area contributed by atoms with Crippen LogP contribution in [0.3, 0.4) is 0 Å². The molecule has 18 heavy (non-hydrogen) atoms. The highest BCUT2D eigenvalue weighted by atomic mass is 16.6. The van der Waals surface area contributed by atoms with Crippen LogP contribution in [0.2, 0.25) is 0 Å². The van der Waals surface area contributed by atoms with Gasteiger partial charge in [0, 0.05) is 31.4 Å². The molecule has 1 heterocycles. The molecule has 6 heteroatoms. The largest absolute Gasteiger partial charge is 0.378 e. The van der Waals surface area contributed by atoms with Crippen LogP contribution in [0.25, 0.3) is 0 Å². The summed E-state index contributed by atoms with van der Waals surface area (Å²) in [6.07, 6.45) is 1.85. The van der Waals surface area contributed by atoms with Gasteiger partial charge in [-0.05, 0) is 6.92 Å². The Balaban J connectivity index is 2.15. The zero-order chi connectivity index (χ0) is 13.1. The van der Waals surface area contributed by atoms with Crippen molar-refractivity contribution in [2.75, 3.05) is 5.32 Å². The first-order valence-electron chi connectivity index (χ1n) is 5.54. The highest BCUT2D eigenvalue weighted by Crippen LogP contribution is 2.20. The summed E-state index contributed by atoms with van der Waals surface area (Å²) in [6.45, 7) is 2.30. The predicted octanol–water partition coefficient (Wildman–Crippen LogP) is 2.25. The molecular weight excluding hydrogens is 232 g/mol. The van der Waals surface area contributed by atoms with Gasteiger partial charge in [-0.3, -0.25) is 14.8 Å². The third-order valence-corrected chi connectivity index (χ3v) is 2.67. The zero-order valence-corrected chi connectivity index (χ0v) is 10.3. The van der Waals surface area contributed by atoms with E-state index in [0.717, 1.165) is 11.4 Å². The minimum atomic E-state index is -0.368. The maximum absolute atomic E-state index is 10.9. The van der Waals surface area contributed by atoms with Gasteiger partial charge in [0.15, 0.2) is 0 Å². The molecule has 0 bridgehead atoms. The second kappa shape index (κ2) is 4.87. The van der Waals surface area contributed by atoms with E-state index in [9.17, 15) is 10.1 Å². The Labute approximate surface area is 104 Å². The second-order valence-electron chi connectivity index (χ2n) is 4.04. The summed E-state index contributed by atoms with van der Waals surface area (Å²) < 4.78 is 1.71. The summed E-state index contributed by atoms with van der Waals surface area (Å²) in [5.41, 5.74) is 2.55. The summed E-state index contributed by atoms with van der Waals surface area (Å²) in [5.74, 6) is 0. The lowest BCUT2D eigenvalue weighted by molar-refractivity contribution is -0.385. The Hall–Kier alpha value is -2.37. The van der Waals surface area contributed by atoms with Crippen molar-refractivity contribution < 1.29 is 4.92 Å². The van der Waals surface area contributed by atoms with Crippen molar-refractivity contribution in [2.24, 2.45) is 7.05 Å². The smallest absolute Gasteiger partial charge is 0.274 e. The third-order valence-electron chi connectivity index (χ3n) is 2.67. The van der Waals surface area contributed by atoms with Crippen molar-refractivity contribution in [3.63, 3.8) is 0 Å². The number of nitro benzene ring substituents is 1. The first-order valence-corrected chi connectivity index (χ1v) is 5.54. The fourth-order valence-electron chi connectivity index (χ4n) is 1.80. The van der Waals surface area contributed by atoms with Crippen LogP contribution >= 0.6 is 0 Å². The van der Waals surface area contributed by atoms with Crippen LogP contribution in [0.1, 0.15) is 11.3 Å². The van der Waals surface area contributed by atoms with Gasteiger partial charge in [-0.15, -0.1) is 0 Å². The molecule has 0 aliphatic heterocycles. The van der Waals surface area contributed by atoms with Gasteiger partial charge in [-0.25, -0.2) is 0 Å². The van der Waals surface area contributed by atoms with E-state index >= 15 is 0 Å². The van der Waals surface area contributed by atoms with Crippen molar-refractivity contribution in [1.29, 1.82) is 0 Å². The molecular formula is C12H14N4O2. The molecule has 0 spiro atoms. The van der Waals surface area contributed by atoms with Crippen LogP contribution in [0.4, 0.5) is 11.4 Å². The first-order chi connectivity index (χ1) is 8.58. The molecule has 0 aliphatic rings. The molecule has 1 aromatic carbocycles. The van der Waals surface area contributed by atoms with Crippen LogP contribution in [0.15, 0.2) is 30.5 Å². The molecule has 2 aromatic rings. The van der Waals surface area contributed by atoms with E-state index in [4.69, 9.17) is 0 Å². The van der Waals surface area contributed by atoms with Crippen LogP contribution < -0.4 is 5.32 Å². The Morgan fingerprint density at radius 1 is 1.44 bits per heavy atom. The lowest BCUT2D eigenvalue weighted by Crippen LogP contribution is -2.03. The molecule has 0 radical (unpaired) electrons. The number of nitro groups is 1. The van der Waals surface area contributed by atoms with E-state index in [1.807, 2.05) is 20.2 Å². The molecule has 1 aromatic heterocycles. The molecule has 0 saturated carbocycles. The lowest BCUT2D eigenvalue weighted by Gasteiger charge is -2.05. The van der Waals surface area contributed by atoms with E-state index in [1.165, 1.54) is 6.07 Å². The molecule has 0 amide bonds. The summed E-state index contributed by atoms with van der Waals surface area (Å²) in [6, 6.07) is 6.71. The van der Waals surface area contributed by atoms with E-state index < -0.39 is 0 Å². The van der Waals surface area contributed by atoms with E-state index in [1.54, 1.807) is 22.9 Å². The predicted molar refractivity (Wildman–Crippen MR) is 68.4 cm³/mol. The molecule has 0 unspecified atom stereocenters. The quantitative estimate of drug-likeness (QED) is 0.663. The SMILES string of the molecule is Cc1nn(C)cc1NCc1ccccc1[N+](=O)[O-]. The Kier molecular flexibility index (Phi) is 3.27. The average molecular weight is 246 g/mol. The highest BCUT2D eigenvalue weighted by Gasteiger charge is 2.12. The maximum atomic E-state index is 10.9. The average Bonchev–Trinajstić information content (AvgIpc) is 2.65. The van der Waals surface area contributed by atoms with Gasteiger partial charge in [-0.1, -0.05) is 18.2 Å². The molecule has 0 aliphatic carbocycles. The monoisotopic (exact) mass is 246 g/mol. The van der Waals surface area contributed by atoms with Gasteiger partial charge in [0.05, 0.1) is 16.3 Å². The fourth-order valence-corrected chi connectivity index (χ4v) is 1.80. The van der Waals surface area contributed by atoms with Crippen LogP contribution in [0, 0.1) is 17.0 Å². The summed E-state index contributed by atoms with van der Waals surface area (Å²) >= 11 is 0. The third kappa shape index (κ3) is 2.48. The highest BCUT2D eigenvalue weighted by molar-refractivity contribution is 5.48. The van der Waals surface area contributed by atoms with Crippen molar-refractivity contribution in [3.8, 4) is 0 Å².